The summed E-state index contributed by atoms with van der Waals surface area (Å²) in [6.45, 7) is 8.12. The molecule has 0 radical (unpaired) electrons. The van der Waals surface area contributed by atoms with Crippen LogP contribution in [0.15, 0.2) is 28.8 Å². The van der Waals surface area contributed by atoms with Crippen LogP contribution in [0.1, 0.15) is 36.6 Å². The molecule has 2 N–H and O–H groups in total. The Morgan fingerprint density at radius 2 is 1.81 bits per heavy atom. The van der Waals surface area contributed by atoms with E-state index in [1.807, 2.05) is 45.9 Å². The van der Waals surface area contributed by atoms with Gasteiger partial charge in [-0.05, 0) is 44.0 Å². The minimum Gasteiger partial charge on any atom is -0.338 e. The van der Waals surface area contributed by atoms with E-state index < -0.39 is 0 Å². The third kappa shape index (κ3) is 5.42. The maximum Gasteiger partial charge on any atom is 0.240 e. The highest BCUT2D eigenvalue weighted by Gasteiger charge is 2.14. The van der Waals surface area contributed by atoms with Gasteiger partial charge >= 0.3 is 0 Å². The monoisotopic (exact) mass is 358 g/mol. The molecule has 1 aromatic heterocycles. The summed E-state index contributed by atoms with van der Waals surface area (Å²) in [6.07, 6.45) is 0. The van der Waals surface area contributed by atoms with E-state index in [1.165, 1.54) is 0 Å². The largest absolute Gasteiger partial charge is 0.338 e. The predicted molar refractivity (Wildman–Crippen MR) is 101 cm³/mol. The van der Waals surface area contributed by atoms with Crippen LogP contribution in [0.3, 0.4) is 0 Å². The number of rotatable bonds is 7. The Bertz CT molecular complexity index is 783. The van der Waals surface area contributed by atoms with E-state index in [1.54, 1.807) is 18.0 Å². The van der Waals surface area contributed by atoms with Crippen molar-refractivity contribution in [3.05, 3.63) is 41.1 Å². The van der Waals surface area contributed by atoms with Crippen molar-refractivity contribution in [3.8, 4) is 0 Å². The summed E-state index contributed by atoms with van der Waals surface area (Å²) in [4.78, 5) is 25.9. The number of hydrogen-bond acceptors (Lipinski definition) is 5. The van der Waals surface area contributed by atoms with E-state index in [0.29, 0.717) is 5.88 Å². The van der Waals surface area contributed by atoms with Gasteiger partial charge in [0.05, 0.1) is 18.8 Å². The maximum atomic E-state index is 12.2. The minimum atomic E-state index is -0.265. The number of carbonyl (C=O) groups excluding carboxylic acids is 2. The molecule has 7 heteroatoms. The van der Waals surface area contributed by atoms with Crippen molar-refractivity contribution >= 4 is 23.4 Å². The van der Waals surface area contributed by atoms with Gasteiger partial charge in [-0.15, -0.1) is 0 Å². The average molecular weight is 358 g/mol. The normalized spacial score (nSPS) is 11.0. The van der Waals surface area contributed by atoms with Crippen molar-refractivity contribution in [1.82, 2.24) is 10.1 Å². The molecule has 0 aliphatic heterocycles. The highest BCUT2D eigenvalue weighted by Crippen LogP contribution is 2.18. The quantitative estimate of drug-likeness (QED) is 0.794. The fourth-order valence-corrected chi connectivity index (χ4v) is 2.42. The van der Waals surface area contributed by atoms with Crippen LogP contribution in [0, 0.1) is 13.8 Å². The smallest absolute Gasteiger partial charge is 0.240 e. The molecule has 0 fully saturated rings. The number of likely N-dealkylation sites (N-methyl/N-ethyl adjacent to an activating group) is 1. The number of carbonyl (C=O) groups is 2. The second-order valence-electron chi connectivity index (χ2n) is 6.79. The topological polar surface area (TPSA) is 87.5 Å². The second kappa shape index (κ2) is 8.62. The van der Waals surface area contributed by atoms with Gasteiger partial charge in [0.1, 0.15) is 0 Å². The lowest BCUT2D eigenvalue weighted by Crippen LogP contribution is -2.36. The maximum absolute atomic E-state index is 12.2. The van der Waals surface area contributed by atoms with Crippen LogP contribution in [0.5, 0.6) is 0 Å². The van der Waals surface area contributed by atoms with Gasteiger partial charge in [-0.3, -0.25) is 19.8 Å². The van der Waals surface area contributed by atoms with Gasteiger partial charge < -0.3 is 9.84 Å². The minimum absolute atomic E-state index is 0.0674. The molecule has 1 aromatic carbocycles. The van der Waals surface area contributed by atoms with Crippen LogP contribution in [-0.2, 0) is 9.59 Å². The van der Waals surface area contributed by atoms with Gasteiger partial charge in [-0.25, -0.2) is 0 Å². The van der Waals surface area contributed by atoms with E-state index in [2.05, 4.69) is 15.8 Å². The number of benzene rings is 1. The molecule has 1 heterocycles. The standard InChI is InChI=1S/C19H26N4O3/c1-12(2)16-9-19(26-22-16)21-18(25)11-23(5)10-17(24)20-15-8-6-7-13(3)14(15)4/h6-9,12H,10-11H2,1-5H3,(H,20,24)(H,21,25). The van der Waals surface area contributed by atoms with Gasteiger partial charge in [0.25, 0.3) is 0 Å². The number of nitrogens with one attached hydrogen (secondary N) is 2. The van der Waals surface area contributed by atoms with Crippen molar-refractivity contribution in [2.45, 2.75) is 33.6 Å². The molecule has 0 spiro atoms. The highest BCUT2D eigenvalue weighted by molar-refractivity contribution is 5.94. The first-order valence-electron chi connectivity index (χ1n) is 8.57. The molecule has 0 aliphatic rings. The first-order valence-corrected chi connectivity index (χ1v) is 8.57. The zero-order valence-electron chi connectivity index (χ0n) is 15.9. The second-order valence-corrected chi connectivity index (χ2v) is 6.79. The van der Waals surface area contributed by atoms with Crippen molar-refractivity contribution in [1.29, 1.82) is 0 Å². The Kier molecular flexibility index (Phi) is 6.52. The third-order valence-corrected chi connectivity index (χ3v) is 4.09. The number of nitrogens with zero attached hydrogens (tertiary/aromatic N) is 2. The summed E-state index contributed by atoms with van der Waals surface area (Å²) in [6, 6.07) is 7.46. The molecule has 2 aromatic rings. The van der Waals surface area contributed by atoms with Gasteiger partial charge in [-0.1, -0.05) is 31.1 Å². The van der Waals surface area contributed by atoms with E-state index in [4.69, 9.17) is 4.52 Å². The van der Waals surface area contributed by atoms with Crippen LogP contribution < -0.4 is 10.6 Å². The Hall–Kier alpha value is -2.67. The first-order chi connectivity index (χ1) is 12.3. The Balaban J connectivity index is 1.83. The Morgan fingerprint density at radius 3 is 2.42 bits per heavy atom. The van der Waals surface area contributed by atoms with Crippen LogP contribution in [0.4, 0.5) is 11.6 Å². The number of anilines is 2. The first kappa shape index (κ1) is 19.7. The summed E-state index contributed by atoms with van der Waals surface area (Å²) in [5, 5.41) is 9.42. The summed E-state index contributed by atoms with van der Waals surface area (Å²) in [7, 11) is 1.71. The highest BCUT2D eigenvalue weighted by atomic mass is 16.5. The SMILES string of the molecule is Cc1cccc(NC(=O)CN(C)CC(=O)Nc2cc(C(C)C)no2)c1C. The lowest BCUT2D eigenvalue weighted by molar-refractivity contribution is -0.119. The molecule has 0 saturated heterocycles. The summed E-state index contributed by atoms with van der Waals surface area (Å²) >= 11 is 0. The van der Waals surface area contributed by atoms with E-state index in [9.17, 15) is 9.59 Å². The molecule has 26 heavy (non-hydrogen) atoms. The van der Waals surface area contributed by atoms with Crippen molar-refractivity contribution in [2.24, 2.45) is 0 Å². The molecule has 2 rings (SSSR count). The Morgan fingerprint density at radius 1 is 1.15 bits per heavy atom. The molecule has 2 amide bonds. The van der Waals surface area contributed by atoms with Crippen molar-refractivity contribution in [3.63, 3.8) is 0 Å². The third-order valence-electron chi connectivity index (χ3n) is 4.09. The van der Waals surface area contributed by atoms with Crippen LogP contribution in [0.2, 0.25) is 0 Å². The predicted octanol–water partition coefficient (Wildman–Crippen LogP) is 2.92. The molecular weight excluding hydrogens is 332 g/mol. The van der Waals surface area contributed by atoms with Crippen molar-refractivity contribution < 1.29 is 14.1 Å². The summed E-state index contributed by atoms with van der Waals surface area (Å²) < 4.78 is 5.08. The van der Waals surface area contributed by atoms with E-state index >= 15 is 0 Å². The summed E-state index contributed by atoms with van der Waals surface area (Å²) in [5.41, 5.74) is 3.72. The fraction of sp³-hybridized carbons (Fsp3) is 0.421. The summed E-state index contributed by atoms with van der Waals surface area (Å²) in [5.74, 6) is 0.0991. The molecule has 0 aliphatic carbocycles. The zero-order chi connectivity index (χ0) is 19.3. The van der Waals surface area contributed by atoms with E-state index in [-0.39, 0.29) is 30.8 Å². The lowest BCUT2D eigenvalue weighted by Gasteiger charge is -2.16. The number of aromatic nitrogens is 1. The van der Waals surface area contributed by atoms with Gasteiger partial charge in [0.2, 0.25) is 17.7 Å². The zero-order valence-corrected chi connectivity index (χ0v) is 15.9. The average Bonchev–Trinajstić information content (AvgIpc) is 3.00. The molecule has 0 atom stereocenters. The van der Waals surface area contributed by atoms with Crippen LogP contribution in [0.25, 0.3) is 0 Å². The van der Waals surface area contributed by atoms with E-state index in [0.717, 1.165) is 22.5 Å². The number of aryl methyl sites for hydroxylation is 1. The molecule has 140 valence electrons. The molecule has 0 bridgehead atoms. The van der Waals surface area contributed by atoms with Crippen LogP contribution in [-0.4, -0.2) is 42.0 Å². The molecule has 0 saturated carbocycles. The van der Waals surface area contributed by atoms with Crippen molar-refractivity contribution in [2.75, 3.05) is 30.8 Å². The number of hydrogen-bond donors (Lipinski definition) is 2. The number of amides is 2. The molecule has 7 nitrogen and oxygen atoms in total. The molecule has 0 unspecified atom stereocenters. The van der Waals surface area contributed by atoms with Gasteiger partial charge in [0, 0.05) is 11.8 Å². The van der Waals surface area contributed by atoms with Gasteiger partial charge in [0.15, 0.2) is 0 Å². The van der Waals surface area contributed by atoms with Gasteiger partial charge in [-0.2, -0.15) is 0 Å². The Labute approximate surface area is 153 Å². The fourth-order valence-electron chi connectivity index (χ4n) is 2.42. The lowest BCUT2D eigenvalue weighted by atomic mass is 10.1. The van der Waals surface area contributed by atoms with Crippen LogP contribution >= 0.6 is 0 Å². The molecular formula is C19H26N4O3.